The number of nitrogens with zero attached hydrogens (tertiary/aromatic N) is 1. The van der Waals surface area contributed by atoms with Gasteiger partial charge < -0.3 is 9.47 Å². The fraction of sp³-hybridized carbons (Fsp3) is 0.500. The molecule has 1 saturated carbocycles. The number of ketones is 1. The second-order valence-electron chi connectivity index (χ2n) is 6.80. The Morgan fingerprint density at radius 3 is 2.88 bits per heavy atom. The van der Waals surface area contributed by atoms with Crippen LogP contribution in [0.15, 0.2) is 35.3 Å². The number of likely N-dealkylation sites (tertiary alicyclic amines) is 1. The van der Waals surface area contributed by atoms with Crippen LogP contribution < -0.4 is 0 Å². The van der Waals surface area contributed by atoms with E-state index >= 15 is 0 Å². The van der Waals surface area contributed by atoms with Crippen LogP contribution in [0.5, 0.6) is 0 Å². The first-order valence-electron chi connectivity index (χ1n) is 8.25. The maximum atomic E-state index is 12.7. The predicted octanol–water partition coefficient (Wildman–Crippen LogP) is 1.83. The highest BCUT2D eigenvalue weighted by Gasteiger charge is 2.54. The minimum atomic E-state index is -1.03. The van der Waals surface area contributed by atoms with E-state index in [0.29, 0.717) is 17.1 Å². The standard InChI is InChI=1S/C18H19NO5/c1-9-7-23-18(16(9)21)24-8-14-13-6-11-4-3-5-12(11)15(13)19(10(2)20)17(14)22/h5,7-8,11,13,15,18H,3-4,6H2,1-2H3/b14-8+/t11-,13+,15+,18?/m0/s1. The molecule has 6 heteroatoms. The van der Waals surface area contributed by atoms with Crippen molar-refractivity contribution in [3.05, 3.63) is 35.3 Å². The Kier molecular flexibility index (Phi) is 3.37. The van der Waals surface area contributed by atoms with E-state index < -0.39 is 6.29 Å². The first-order valence-corrected chi connectivity index (χ1v) is 8.25. The molecule has 2 aliphatic carbocycles. The van der Waals surface area contributed by atoms with Crippen molar-refractivity contribution in [1.82, 2.24) is 4.90 Å². The van der Waals surface area contributed by atoms with E-state index in [0.717, 1.165) is 19.3 Å². The van der Waals surface area contributed by atoms with Gasteiger partial charge in [0.15, 0.2) is 0 Å². The normalized spacial score (nSPS) is 35.8. The number of ether oxygens (including phenoxy) is 2. The van der Waals surface area contributed by atoms with E-state index in [1.54, 1.807) is 6.92 Å². The van der Waals surface area contributed by atoms with Crippen LogP contribution in [0, 0.1) is 11.8 Å². The molecule has 2 amide bonds. The number of rotatable bonds is 2. The van der Waals surface area contributed by atoms with Gasteiger partial charge in [-0.05, 0) is 37.7 Å². The van der Waals surface area contributed by atoms with Gasteiger partial charge in [-0.3, -0.25) is 19.3 Å². The second-order valence-corrected chi connectivity index (χ2v) is 6.80. The molecular weight excluding hydrogens is 310 g/mol. The topological polar surface area (TPSA) is 72.9 Å². The highest BCUT2D eigenvalue weighted by atomic mass is 16.7. The van der Waals surface area contributed by atoms with Gasteiger partial charge in [-0.2, -0.15) is 0 Å². The van der Waals surface area contributed by atoms with E-state index in [1.807, 2.05) is 0 Å². The smallest absolute Gasteiger partial charge is 0.303 e. The number of Topliss-reactive ketones (excluding diaryl/α,β-unsaturated/α-hetero) is 1. The summed E-state index contributed by atoms with van der Waals surface area (Å²) in [6, 6.07) is -0.183. The van der Waals surface area contributed by atoms with E-state index in [9.17, 15) is 14.4 Å². The van der Waals surface area contributed by atoms with Crippen molar-refractivity contribution >= 4 is 17.6 Å². The Labute approximate surface area is 139 Å². The van der Waals surface area contributed by atoms with Gasteiger partial charge in [0.05, 0.1) is 24.1 Å². The number of allylic oxidation sites excluding steroid dienone is 1. The molecule has 0 N–H and O–H groups in total. The lowest BCUT2D eigenvalue weighted by atomic mass is 9.96. The predicted molar refractivity (Wildman–Crippen MR) is 83.0 cm³/mol. The molecule has 0 aromatic heterocycles. The van der Waals surface area contributed by atoms with Crippen LogP contribution in [-0.2, 0) is 23.9 Å². The maximum Gasteiger partial charge on any atom is 0.303 e. The highest BCUT2D eigenvalue weighted by Crippen LogP contribution is 2.52. The summed E-state index contributed by atoms with van der Waals surface area (Å²) in [7, 11) is 0. The lowest BCUT2D eigenvalue weighted by Crippen LogP contribution is -2.38. The lowest BCUT2D eigenvalue weighted by Gasteiger charge is -2.21. The molecule has 4 aliphatic rings. The molecule has 4 atom stereocenters. The third-order valence-electron chi connectivity index (χ3n) is 5.40. The lowest BCUT2D eigenvalue weighted by molar-refractivity contribution is -0.141. The van der Waals surface area contributed by atoms with Crippen LogP contribution in [0.4, 0.5) is 0 Å². The van der Waals surface area contributed by atoms with Gasteiger partial charge in [0, 0.05) is 18.4 Å². The van der Waals surface area contributed by atoms with Crippen LogP contribution in [0.3, 0.4) is 0 Å². The van der Waals surface area contributed by atoms with Crippen molar-refractivity contribution in [3.8, 4) is 0 Å². The quantitative estimate of drug-likeness (QED) is 0.439. The Balaban J connectivity index is 1.61. The molecule has 2 aliphatic heterocycles. The van der Waals surface area contributed by atoms with E-state index in [2.05, 4.69) is 6.08 Å². The van der Waals surface area contributed by atoms with Gasteiger partial charge in [-0.15, -0.1) is 0 Å². The van der Waals surface area contributed by atoms with Gasteiger partial charge in [0.25, 0.3) is 5.91 Å². The summed E-state index contributed by atoms with van der Waals surface area (Å²) < 4.78 is 10.6. The molecule has 0 radical (unpaired) electrons. The molecule has 126 valence electrons. The average molecular weight is 329 g/mol. The van der Waals surface area contributed by atoms with Crippen molar-refractivity contribution in [2.45, 2.75) is 45.4 Å². The molecule has 1 saturated heterocycles. The van der Waals surface area contributed by atoms with Crippen molar-refractivity contribution in [2.24, 2.45) is 11.8 Å². The highest BCUT2D eigenvalue weighted by molar-refractivity contribution is 6.07. The maximum absolute atomic E-state index is 12.7. The van der Waals surface area contributed by atoms with Crippen LogP contribution in [-0.4, -0.2) is 34.8 Å². The molecular formula is C18H19NO5. The molecule has 4 rings (SSSR count). The summed E-state index contributed by atoms with van der Waals surface area (Å²) >= 11 is 0. The first-order chi connectivity index (χ1) is 11.5. The Morgan fingerprint density at radius 2 is 2.21 bits per heavy atom. The zero-order valence-corrected chi connectivity index (χ0v) is 13.7. The molecule has 1 unspecified atom stereocenters. The van der Waals surface area contributed by atoms with Crippen molar-refractivity contribution < 1.29 is 23.9 Å². The van der Waals surface area contributed by atoms with Crippen LogP contribution in [0.1, 0.15) is 33.1 Å². The third-order valence-corrected chi connectivity index (χ3v) is 5.40. The number of imide groups is 1. The SMILES string of the molecule is CC(=O)N1C(=O)/C(=C/OC2OC=C(C)C2=O)[C@H]2C[C@@H]3CCC=C3[C@H]21. The monoisotopic (exact) mass is 329 g/mol. The summed E-state index contributed by atoms with van der Waals surface area (Å²) in [5.74, 6) is -0.435. The van der Waals surface area contributed by atoms with E-state index in [4.69, 9.17) is 9.47 Å². The summed E-state index contributed by atoms with van der Waals surface area (Å²) in [6.07, 6.45) is 6.75. The van der Waals surface area contributed by atoms with Crippen molar-refractivity contribution in [3.63, 3.8) is 0 Å². The van der Waals surface area contributed by atoms with Gasteiger partial charge in [-0.25, -0.2) is 0 Å². The van der Waals surface area contributed by atoms with Crippen LogP contribution in [0.2, 0.25) is 0 Å². The summed E-state index contributed by atoms with van der Waals surface area (Å²) in [5.41, 5.74) is 2.16. The molecule has 0 aromatic rings. The van der Waals surface area contributed by atoms with Crippen LogP contribution in [0.25, 0.3) is 0 Å². The van der Waals surface area contributed by atoms with Gasteiger partial charge in [0.1, 0.15) is 0 Å². The molecule has 0 bridgehead atoms. The molecule has 6 nitrogen and oxygen atoms in total. The number of amides is 2. The Bertz CT molecular complexity index is 732. The summed E-state index contributed by atoms with van der Waals surface area (Å²) in [5, 5.41) is 0. The van der Waals surface area contributed by atoms with Crippen molar-refractivity contribution in [2.75, 3.05) is 0 Å². The Hall–Kier alpha value is -2.37. The number of hydrogen-bond donors (Lipinski definition) is 0. The molecule has 0 aromatic carbocycles. The summed E-state index contributed by atoms with van der Waals surface area (Å²) in [4.78, 5) is 37.9. The Morgan fingerprint density at radius 1 is 1.42 bits per heavy atom. The molecule has 24 heavy (non-hydrogen) atoms. The molecule has 2 heterocycles. The average Bonchev–Trinajstić information content (AvgIpc) is 3.23. The molecule has 0 spiro atoms. The third kappa shape index (κ3) is 2.05. The molecule has 2 fully saturated rings. The second kappa shape index (κ2) is 5.33. The van der Waals surface area contributed by atoms with E-state index in [-0.39, 0.29) is 29.6 Å². The summed E-state index contributed by atoms with van der Waals surface area (Å²) in [6.45, 7) is 3.07. The fourth-order valence-electron chi connectivity index (χ4n) is 4.29. The van der Waals surface area contributed by atoms with Crippen molar-refractivity contribution in [1.29, 1.82) is 0 Å². The van der Waals surface area contributed by atoms with Gasteiger partial charge >= 0.3 is 6.29 Å². The van der Waals surface area contributed by atoms with E-state index in [1.165, 1.54) is 29.9 Å². The number of hydrogen-bond acceptors (Lipinski definition) is 5. The first kappa shape index (κ1) is 15.2. The fourth-order valence-corrected chi connectivity index (χ4v) is 4.29. The van der Waals surface area contributed by atoms with Gasteiger partial charge in [0.2, 0.25) is 11.7 Å². The number of carbonyl (C=O) groups excluding carboxylic acids is 3. The van der Waals surface area contributed by atoms with Gasteiger partial charge in [-0.1, -0.05) is 6.08 Å². The van der Waals surface area contributed by atoms with Crippen LogP contribution >= 0.6 is 0 Å². The zero-order chi connectivity index (χ0) is 17.0. The largest absolute Gasteiger partial charge is 0.455 e. The minimum Gasteiger partial charge on any atom is -0.455 e. The minimum absolute atomic E-state index is 0.0523. The number of carbonyl (C=O) groups is 3. The zero-order valence-electron chi connectivity index (χ0n) is 13.7. The number of fused-ring (bicyclic) bond motifs is 3.